The number of non-ortho nitro benzene ring substituents is 1. The van der Waals surface area contributed by atoms with E-state index in [0.717, 1.165) is 12.2 Å². The number of nitro benzene ring substituents is 1. The van der Waals surface area contributed by atoms with Crippen LogP contribution in [0.1, 0.15) is 6.42 Å². The topological polar surface area (TPSA) is 68.5 Å². The molecule has 6 nitrogen and oxygen atoms in total. The van der Waals surface area contributed by atoms with Gasteiger partial charge in [-0.25, -0.2) is 0 Å². The third-order valence-electron chi connectivity index (χ3n) is 3.63. The van der Waals surface area contributed by atoms with Gasteiger partial charge >= 0.3 is 0 Å². The Labute approximate surface area is 142 Å². The van der Waals surface area contributed by atoms with Crippen molar-refractivity contribution < 1.29 is 9.66 Å². The molecule has 2 heterocycles. The Hall–Kier alpha value is -2.05. The summed E-state index contributed by atoms with van der Waals surface area (Å²) in [4.78, 5) is 16.3. The molecule has 0 N–H and O–H groups in total. The van der Waals surface area contributed by atoms with E-state index < -0.39 is 4.92 Å². The van der Waals surface area contributed by atoms with Gasteiger partial charge in [-0.05, 0) is 12.1 Å². The monoisotopic (exact) mass is 353 g/mol. The van der Waals surface area contributed by atoms with Crippen LogP contribution in [0.5, 0.6) is 5.75 Å². The van der Waals surface area contributed by atoms with Gasteiger partial charge in [0.15, 0.2) is 0 Å². The molecular formula is C15H13Cl2N3O3. The van der Waals surface area contributed by atoms with Crippen molar-refractivity contribution in [2.24, 2.45) is 0 Å². The lowest BCUT2D eigenvalue weighted by atomic mass is 10.2. The molecule has 0 spiro atoms. The van der Waals surface area contributed by atoms with E-state index in [1.54, 1.807) is 24.5 Å². The molecule has 23 heavy (non-hydrogen) atoms. The standard InChI is InChI=1S/C15H13Cl2N3O3/c16-13-7-10(20(21)22)8-14(17)15(13)19-6-3-12(9-19)23-11-1-4-18-5-2-11/h1-2,4-5,7-8,12H,3,6,9H2. The average Bonchev–Trinajstić information content (AvgIpc) is 2.95. The van der Waals surface area contributed by atoms with E-state index in [1.807, 2.05) is 4.90 Å². The molecule has 0 radical (unpaired) electrons. The Kier molecular flexibility index (Phi) is 4.54. The van der Waals surface area contributed by atoms with Crippen molar-refractivity contribution in [3.05, 3.63) is 56.8 Å². The van der Waals surface area contributed by atoms with Crippen LogP contribution in [0.4, 0.5) is 11.4 Å². The van der Waals surface area contributed by atoms with E-state index in [9.17, 15) is 10.1 Å². The summed E-state index contributed by atoms with van der Waals surface area (Å²) < 4.78 is 5.89. The summed E-state index contributed by atoms with van der Waals surface area (Å²) in [5.41, 5.74) is 0.493. The Morgan fingerprint density at radius 2 is 1.91 bits per heavy atom. The van der Waals surface area contributed by atoms with Crippen molar-refractivity contribution in [2.75, 3.05) is 18.0 Å². The lowest BCUT2D eigenvalue weighted by Crippen LogP contribution is -2.25. The number of hydrogen-bond donors (Lipinski definition) is 0. The van der Waals surface area contributed by atoms with Crippen molar-refractivity contribution in [2.45, 2.75) is 12.5 Å². The van der Waals surface area contributed by atoms with E-state index in [4.69, 9.17) is 27.9 Å². The molecule has 1 aromatic carbocycles. The van der Waals surface area contributed by atoms with Gasteiger partial charge in [-0.3, -0.25) is 15.1 Å². The summed E-state index contributed by atoms with van der Waals surface area (Å²) in [7, 11) is 0. The quantitative estimate of drug-likeness (QED) is 0.614. The first-order valence-electron chi connectivity index (χ1n) is 6.99. The van der Waals surface area contributed by atoms with E-state index in [2.05, 4.69) is 4.98 Å². The van der Waals surface area contributed by atoms with E-state index in [-0.39, 0.29) is 21.8 Å². The van der Waals surface area contributed by atoms with E-state index in [1.165, 1.54) is 12.1 Å². The summed E-state index contributed by atoms with van der Waals surface area (Å²) in [5, 5.41) is 11.4. The van der Waals surface area contributed by atoms with Gasteiger partial charge in [0.25, 0.3) is 5.69 Å². The maximum absolute atomic E-state index is 10.8. The molecule has 0 saturated carbocycles. The molecule has 2 aromatic rings. The van der Waals surface area contributed by atoms with E-state index >= 15 is 0 Å². The van der Waals surface area contributed by atoms with Crippen LogP contribution in [0, 0.1) is 10.1 Å². The highest BCUT2D eigenvalue weighted by Crippen LogP contribution is 2.39. The third kappa shape index (κ3) is 3.48. The van der Waals surface area contributed by atoms with E-state index in [0.29, 0.717) is 18.8 Å². The minimum atomic E-state index is -0.513. The first-order valence-corrected chi connectivity index (χ1v) is 7.75. The van der Waals surface area contributed by atoms with Crippen LogP contribution in [-0.4, -0.2) is 29.1 Å². The fourth-order valence-corrected chi connectivity index (χ4v) is 3.31. The van der Waals surface area contributed by atoms with Crippen molar-refractivity contribution in [3.63, 3.8) is 0 Å². The average molecular weight is 354 g/mol. The second kappa shape index (κ2) is 6.60. The Bertz CT molecular complexity index is 704. The largest absolute Gasteiger partial charge is 0.488 e. The molecule has 1 fully saturated rings. The first kappa shape index (κ1) is 15.8. The molecule has 8 heteroatoms. The van der Waals surface area contributed by atoms with Crippen molar-refractivity contribution >= 4 is 34.6 Å². The van der Waals surface area contributed by atoms with Gasteiger partial charge in [-0.15, -0.1) is 0 Å². The van der Waals surface area contributed by atoms with Crippen LogP contribution in [0.2, 0.25) is 10.0 Å². The zero-order chi connectivity index (χ0) is 16.4. The van der Waals surface area contributed by atoms with Crippen molar-refractivity contribution in [1.29, 1.82) is 0 Å². The lowest BCUT2D eigenvalue weighted by Gasteiger charge is -2.21. The molecule has 1 aliphatic rings. The maximum Gasteiger partial charge on any atom is 0.272 e. The molecule has 1 atom stereocenters. The second-order valence-electron chi connectivity index (χ2n) is 5.17. The number of benzene rings is 1. The van der Waals surface area contributed by atoms with Gasteiger partial charge in [-0.1, -0.05) is 23.2 Å². The molecule has 1 unspecified atom stereocenters. The number of halogens is 2. The van der Waals surface area contributed by atoms with Crippen LogP contribution in [0.15, 0.2) is 36.7 Å². The van der Waals surface area contributed by atoms with Crippen molar-refractivity contribution in [3.8, 4) is 5.75 Å². The molecule has 0 amide bonds. The molecule has 0 aliphatic carbocycles. The normalized spacial score (nSPS) is 17.3. The zero-order valence-electron chi connectivity index (χ0n) is 12.0. The molecule has 120 valence electrons. The highest BCUT2D eigenvalue weighted by Gasteiger charge is 2.28. The predicted octanol–water partition coefficient (Wildman–Crippen LogP) is 3.95. The second-order valence-corrected chi connectivity index (χ2v) is 5.99. The fourth-order valence-electron chi connectivity index (χ4n) is 2.60. The number of nitrogens with zero attached hydrogens (tertiary/aromatic N) is 3. The summed E-state index contributed by atoms with van der Waals surface area (Å²) in [6.45, 7) is 1.33. The molecule has 1 aromatic heterocycles. The minimum Gasteiger partial charge on any atom is -0.488 e. The van der Waals surface area contributed by atoms with Gasteiger partial charge in [0, 0.05) is 37.5 Å². The molecule has 3 rings (SSSR count). The molecule has 1 saturated heterocycles. The first-order chi connectivity index (χ1) is 11.0. The third-order valence-corrected chi connectivity index (χ3v) is 4.20. The van der Waals surface area contributed by atoms with Gasteiger partial charge in [0.05, 0.1) is 27.2 Å². The van der Waals surface area contributed by atoms with Crippen LogP contribution in [0.25, 0.3) is 0 Å². The van der Waals surface area contributed by atoms with Crippen LogP contribution in [0.3, 0.4) is 0 Å². The SMILES string of the molecule is O=[N+]([O-])c1cc(Cl)c(N2CCC(Oc3ccncc3)C2)c(Cl)c1. The number of anilines is 1. The van der Waals surface area contributed by atoms with Gasteiger partial charge in [-0.2, -0.15) is 0 Å². The summed E-state index contributed by atoms with van der Waals surface area (Å²) in [6, 6.07) is 6.24. The smallest absolute Gasteiger partial charge is 0.272 e. The van der Waals surface area contributed by atoms with Crippen LogP contribution >= 0.6 is 23.2 Å². The highest BCUT2D eigenvalue weighted by atomic mass is 35.5. The lowest BCUT2D eigenvalue weighted by molar-refractivity contribution is -0.384. The number of pyridine rings is 1. The summed E-state index contributed by atoms with van der Waals surface area (Å²) >= 11 is 12.4. The minimum absolute atomic E-state index is 0.000254. The Morgan fingerprint density at radius 3 is 2.52 bits per heavy atom. The number of rotatable bonds is 4. The number of aromatic nitrogens is 1. The van der Waals surface area contributed by atoms with Gasteiger partial charge in [0.1, 0.15) is 11.9 Å². The summed E-state index contributed by atoms with van der Waals surface area (Å²) in [5.74, 6) is 0.757. The van der Waals surface area contributed by atoms with Gasteiger partial charge < -0.3 is 9.64 Å². The van der Waals surface area contributed by atoms with Crippen LogP contribution in [-0.2, 0) is 0 Å². The highest BCUT2D eigenvalue weighted by molar-refractivity contribution is 6.39. The Morgan fingerprint density at radius 1 is 1.26 bits per heavy atom. The fraction of sp³-hybridized carbons (Fsp3) is 0.267. The molecule has 0 bridgehead atoms. The molecule has 1 aliphatic heterocycles. The number of nitro groups is 1. The zero-order valence-corrected chi connectivity index (χ0v) is 13.5. The summed E-state index contributed by atoms with van der Waals surface area (Å²) in [6.07, 6.45) is 4.16. The number of ether oxygens (including phenoxy) is 1. The predicted molar refractivity (Wildman–Crippen MR) is 88.6 cm³/mol. The Balaban J connectivity index is 1.75. The molecular weight excluding hydrogens is 341 g/mol. The van der Waals surface area contributed by atoms with Crippen LogP contribution < -0.4 is 9.64 Å². The number of hydrogen-bond acceptors (Lipinski definition) is 5. The van der Waals surface area contributed by atoms with Crippen molar-refractivity contribution in [1.82, 2.24) is 4.98 Å². The van der Waals surface area contributed by atoms with Gasteiger partial charge in [0.2, 0.25) is 0 Å². The maximum atomic E-state index is 10.8.